The highest BCUT2D eigenvalue weighted by Gasteiger charge is 2.06. The van der Waals surface area contributed by atoms with E-state index in [0.29, 0.717) is 19.6 Å². The number of benzene rings is 2. The highest BCUT2D eigenvalue weighted by atomic mass is 16.5. The molecule has 0 saturated carbocycles. The quantitative estimate of drug-likeness (QED) is 0.380. The molecule has 0 saturated heterocycles. The highest BCUT2D eigenvalue weighted by Crippen LogP contribution is 2.26. The minimum Gasteiger partial charge on any atom is -0.380 e. The predicted octanol–water partition coefficient (Wildman–Crippen LogP) is 4.69. The van der Waals surface area contributed by atoms with Crippen molar-refractivity contribution in [2.24, 2.45) is 0 Å². The van der Waals surface area contributed by atoms with Crippen LogP contribution in [-0.4, -0.2) is 28.6 Å². The van der Waals surface area contributed by atoms with E-state index in [1.54, 1.807) is 19.6 Å². The number of aromatic nitrogens is 3. The van der Waals surface area contributed by atoms with E-state index in [2.05, 4.69) is 44.2 Å². The smallest absolute Gasteiger partial charge is 0.137 e. The van der Waals surface area contributed by atoms with Gasteiger partial charge in [-0.3, -0.25) is 4.98 Å². The molecular weight excluding hydrogens is 372 g/mol. The van der Waals surface area contributed by atoms with Crippen LogP contribution in [0.5, 0.6) is 0 Å². The first kappa shape index (κ1) is 19.6. The van der Waals surface area contributed by atoms with E-state index in [0.717, 1.165) is 39.0 Å². The van der Waals surface area contributed by atoms with Crippen molar-refractivity contribution in [1.29, 1.82) is 0 Å². The molecule has 2 heterocycles. The maximum Gasteiger partial charge on any atom is 0.137 e. The predicted molar refractivity (Wildman–Crippen MR) is 120 cm³/mol. The van der Waals surface area contributed by atoms with Crippen molar-refractivity contribution >= 4 is 16.7 Å². The van der Waals surface area contributed by atoms with Crippen LogP contribution in [-0.2, 0) is 11.3 Å². The molecule has 2 aromatic heterocycles. The highest BCUT2D eigenvalue weighted by molar-refractivity contribution is 5.92. The van der Waals surface area contributed by atoms with Crippen molar-refractivity contribution in [3.8, 4) is 23.0 Å². The van der Waals surface area contributed by atoms with Gasteiger partial charge in [-0.1, -0.05) is 42.2 Å². The molecule has 0 aliphatic heterocycles. The molecule has 0 radical (unpaired) electrons. The third-order valence-electron chi connectivity index (χ3n) is 4.71. The minimum absolute atomic E-state index is 0.565. The minimum atomic E-state index is 0.565. The Labute approximate surface area is 176 Å². The molecule has 4 rings (SSSR count). The fourth-order valence-electron chi connectivity index (χ4n) is 3.24. The topological polar surface area (TPSA) is 59.9 Å². The van der Waals surface area contributed by atoms with E-state index in [1.807, 2.05) is 48.7 Å². The molecule has 5 nitrogen and oxygen atoms in total. The van der Waals surface area contributed by atoms with Crippen LogP contribution in [0.15, 0.2) is 73.3 Å². The first-order valence-corrected chi connectivity index (χ1v) is 9.80. The molecular formula is C25H22N4O. The van der Waals surface area contributed by atoms with Gasteiger partial charge in [0.1, 0.15) is 12.1 Å². The Balaban J connectivity index is 1.47. The van der Waals surface area contributed by atoms with Gasteiger partial charge in [0.05, 0.1) is 12.1 Å². The molecule has 4 aromatic rings. The number of hydrogen-bond acceptors (Lipinski definition) is 5. The maximum absolute atomic E-state index is 5.24. The van der Waals surface area contributed by atoms with E-state index in [4.69, 9.17) is 4.74 Å². The van der Waals surface area contributed by atoms with Gasteiger partial charge in [-0.25, -0.2) is 9.97 Å². The fraction of sp³-hybridized carbons (Fsp3) is 0.160. The van der Waals surface area contributed by atoms with Crippen LogP contribution in [0, 0.1) is 11.8 Å². The number of hydrogen-bond donors (Lipinski definition) is 1. The van der Waals surface area contributed by atoms with Crippen LogP contribution in [0.2, 0.25) is 0 Å². The molecule has 1 N–H and O–H groups in total. The molecule has 0 aliphatic carbocycles. The Hall–Kier alpha value is -3.75. The maximum atomic E-state index is 5.24. The van der Waals surface area contributed by atoms with E-state index in [-0.39, 0.29) is 0 Å². The van der Waals surface area contributed by atoms with Crippen LogP contribution < -0.4 is 5.32 Å². The number of nitrogens with zero attached hydrogens (tertiary/aromatic N) is 3. The average molecular weight is 394 g/mol. The number of anilines is 1. The van der Waals surface area contributed by atoms with Crippen LogP contribution in [0.4, 0.5) is 5.82 Å². The lowest BCUT2D eigenvalue weighted by Gasteiger charge is -2.08. The summed E-state index contributed by atoms with van der Waals surface area (Å²) in [5, 5.41) is 4.38. The lowest BCUT2D eigenvalue weighted by molar-refractivity contribution is 0.184. The molecule has 0 fully saturated rings. The Morgan fingerprint density at radius 2 is 1.93 bits per heavy atom. The molecule has 30 heavy (non-hydrogen) atoms. The fourth-order valence-corrected chi connectivity index (χ4v) is 3.24. The summed E-state index contributed by atoms with van der Waals surface area (Å²) >= 11 is 0. The third-order valence-corrected chi connectivity index (χ3v) is 4.71. The second-order valence-corrected chi connectivity index (χ2v) is 6.76. The first-order valence-electron chi connectivity index (χ1n) is 9.80. The van der Waals surface area contributed by atoms with Gasteiger partial charge in [0, 0.05) is 49.0 Å². The lowest BCUT2D eigenvalue weighted by Crippen LogP contribution is -2.03. The standard InChI is InChI=1S/C25H22N4O/c1-30-17-22-9-3-2-7-19(22)8-4-5-14-27-25-23-15-20(21-10-6-13-26-16-21)11-12-24(23)28-18-29-25/h2-3,6-7,9-13,15-16,18H,5,14,17H2,1H3,(H,27,28,29). The summed E-state index contributed by atoms with van der Waals surface area (Å²) in [5.74, 6) is 7.29. The van der Waals surface area contributed by atoms with Crippen molar-refractivity contribution in [1.82, 2.24) is 15.0 Å². The number of methoxy groups -OCH3 is 1. The van der Waals surface area contributed by atoms with Gasteiger partial charge in [-0.15, -0.1) is 0 Å². The Morgan fingerprint density at radius 1 is 1.00 bits per heavy atom. The normalized spacial score (nSPS) is 10.4. The lowest BCUT2D eigenvalue weighted by atomic mass is 10.1. The van der Waals surface area contributed by atoms with E-state index >= 15 is 0 Å². The summed E-state index contributed by atoms with van der Waals surface area (Å²) in [6, 6.07) is 18.2. The van der Waals surface area contributed by atoms with Crippen LogP contribution in [0.1, 0.15) is 17.5 Å². The summed E-state index contributed by atoms with van der Waals surface area (Å²) < 4.78 is 5.24. The molecule has 0 amide bonds. The van der Waals surface area contributed by atoms with Gasteiger partial charge in [0.2, 0.25) is 0 Å². The van der Waals surface area contributed by atoms with Crippen LogP contribution in [0.3, 0.4) is 0 Å². The molecule has 2 aromatic carbocycles. The molecule has 0 spiro atoms. The van der Waals surface area contributed by atoms with Crippen molar-refractivity contribution in [2.75, 3.05) is 19.0 Å². The Kier molecular flexibility index (Phi) is 6.28. The molecule has 0 unspecified atom stereocenters. The van der Waals surface area contributed by atoms with Crippen molar-refractivity contribution in [3.05, 3.63) is 84.4 Å². The van der Waals surface area contributed by atoms with Crippen LogP contribution >= 0.6 is 0 Å². The molecule has 5 heteroatoms. The summed E-state index contributed by atoms with van der Waals surface area (Å²) in [4.78, 5) is 13.0. The van der Waals surface area contributed by atoms with Gasteiger partial charge in [0.15, 0.2) is 0 Å². The van der Waals surface area contributed by atoms with Gasteiger partial charge in [0.25, 0.3) is 0 Å². The summed E-state index contributed by atoms with van der Waals surface area (Å²) in [6.07, 6.45) is 5.92. The number of ether oxygens (including phenoxy) is 1. The summed E-state index contributed by atoms with van der Waals surface area (Å²) in [6.45, 7) is 1.26. The Morgan fingerprint density at radius 3 is 2.80 bits per heavy atom. The van der Waals surface area contributed by atoms with Gasteiger partial charge in [-0.05, 0) is 35.4 Å². The van der Waals surface area contributed by atoms with E-state index in [1.165, 1.54) is 0 Å². The average Bonchev–Trinajstić information content (AvgIpc) is 2.80. The zero-order valence-electron chi connectivity index (χ0n) is 16.8. The summed E-state index contributed by atoms with van der Waals surface area (Å²) in [7, 11) is 1.69. The first-order chi connectivity index (χ1) is 14.8. The van der Waals surface area contributed by atoms with Gasteiger partial charge < -0.3 is 10.1 Å². The van der Waals surface area contributed by atoms with Crippen molar-refractivity contribution < 1.29 is 4.74 Å². The molecule has 148 valence electrons. The van der Waals surface area contributed by atoms with Crippen LogP contribution in [0.25, 0.3) is 22.0 Å². The number of nitrogens with one attached hydrogen (secondary N) is 1. The second-order valence-electron chi connectivity index (χ2n) is 6.76. The van der Waals surface area contributed by atoms with Gasteiger partial charge in [-0.2, -0.15) is 0 Å². The van der Waals surface area contributed by atoms with Gasteiger partial charge >= 0.3 is 0 Å². The largest absolute Gasteiger partial charge is 0.380 e. The summed E-state index contributed by atoms with van der Waals surface area (Å²) in [5.41, 5.74) is 5.16. The molecule has 0 bridgehead atoms. The zero-order chi connectivity index (χ0) is 20.6. The second kappa shape index (κ2) is 9.64. The third kappa shape index (κ3) is 4.62. The number of fused-ring (bicyclic) bond motifs is 1. The number of rotatable bonds is 6. The van der Waals surface area contributed by atoms with Crippen molar-refractivity contribution in [3.63, 3.8) is 0 Å². The SMILES string of the molecule is COCc1ccccc1C#CCCNc1ncnc2ccc(-c3cccnc3)cc12. The molecule has 0 atom stereocenters. The van der Waals surface area contributed by atoms with E-state index < -0.39 is 0 Å². The number of pyridine rings is 1. The monoisotopic (exact) mass is 394 g/mol. The van der Waals surface area contributed by atoms with E-state index in [9.17, 15) is 0 Å². The zero-order valence-corrected chi connectivity index (χ0v) is 16.8. The Bertz CT molecular complexity index is 1200. The molecule has 0 aliphatic rings. The van der Waals surface area contributed by atoms with Crippen molar-refractivity contribution in [2.45, 2.75) is 13.0 Å².